The van der Waals surface area contributed by atoms with Crippen molar-refractivity contribution in [2.24, 2.45) is 0 Å². The molecule has 11 heteroatoms. The van der Waals surface area contributed by atoms with E-state index < -0.39 is 32.6 Å². The van der Waals surface area contributed by atoms with Gasteiger partial charge in [-0.05, 0) is 36.8 Å². The van der Waals surface area contributed by atoms with Crippen LogP contribution in [0, 0.1) is 0 Å². The number of aromatic nitrogens is 2. The normalized spacial score (nSPS) is 11.8. The van der Waals surface area contributed by atoms with E-state index in [1.165, 1.54) is 18.2 Å². The van der Waals surface area contributed by atoms with Crippen LogP contribution in [-0.2, 0) is 22.6 Å². The van der Waals surface area contributed by atoms with Gasteiger partial charge in [-0.25, -0.2) is 13.4 Å². The summed E-state index contributed by atoms with van der Waals surface area (Å²) in [5, 5.41) is 2.69. The minimum atomic E-state index is -4.68. The molecule has 3 N–H and O–H groups in total. The van der Waals surface area contributed by atoms with E-state index in [2.05, 4.69) is 20.0 Å². The molecule has 0 aliphatic carbocycles. The predicted molar refractivity (Wildman–Crippen MR) is 108 cm³/mol. The first-order chi connectivity index (χ1) is 14.7. The third-order valence-electron chi connectivity index (χ3n) is 4.32. The Balaban J connectivity index is 1.71. The summed E-state index contributed by atoms with van der Waals surface area (Å²) in [6, 6.07) is 9.24. The Morgan fingerprint density at radius 1 is 1.10 bits per heavy atom. The van der Waals surface area contributed by atoms with E-state index in [-0.39, 0.29) is 11.3 Å². The molecular weight excluding hydrogens is 433 g/mol. The monoisotopic (exact) mass is 452 g/mol. The highest BCUT2D eigenvalue weighted by molar-refractivity contribution is 7.92. The summed E-state index contributed by atoms with van der Waals surface area (Å²) in [6.45, 7) is 0.328. The van der Waals surface area contributed by atoms with Gasteiger partial charge < -0.3 is 10.3 Å². The van der Waals surface area contributed by atoms with Gasteiger partial charge in [0.05, 0.1) is 21.7 Å². The Morgan fingerprint density at radius 3 is 2.58 bits per heavy atom. The van der Waals surface area contributed by atoms with Crippen molar-refractivity contribution in [1.29, 1.82) is 0 Å². The van der Waals surface area contributed by atoms with Crippen molar-refractivity contribution in [3.05, 3.63) is 77.9 Å². The summed E-state index contributed by atoms with van der Waals surface area (Å²) < 4.78 is 66.2. The van der Waals surface area contributed by atoms with Gasteiger partial charge in [0.1, 0.15) is 5.82 Å². The summed E-state index contributed by atoms with van der Waals surface area (Å²) in [5.74, 6) is 0.269. The van der Waals surface area contributed by atoms with Crippen LogP contribution >= 0.6 is 0 Å². The van der Waals surface area contributed by atoms with Crippen LogP contribution in [0.15, 0.2) is 65.8 Å². The van der Waals surface area contributed by atoms with E-state index in [0.717, 1.165) is 24.0 Å². The number of para-hydroxylation sites is 1. The fourth-order valence-electron chi connectivity index (χ4n) is 2.80. The number of amides is 1. The van der Waals surface area contributed by atoms with Crippen LogP contribution < -0.4 is 10.0 Å². The maximum Gasteiger partial charge on any atom is 0.416 e. The first kappa shape index (κ1) is 22.3. The number of benzene rings is 2. The Morgan fingerprint density at radius 2 is 1.87 bits per heavy atom. The Bertz CT molecular complexity index is 1150. The molecule has 164 valence electrons. The van der Waals surface area contributed by atoms with Gasteiger partial charge in [-0.2, -0.15) is 13.2 Å². The smallest absolute Gasteiger partial charge is 0.352 e. The number of alkyl halides is 3. The number of halogens is 3. The molecule has 0 fully saturated rings. The highest BCUT2D eigenvalue weighted by atomic mass is 32.2. The molecule has 1 heterocycles. The molecule has 0 bridgehead atoms. The Hall–Kier alpha value is -3.34. The van der Waals surface area contributed by atoms with Crippen LogP contribution in [0.3, 0.4) is 0 Å². The first-order valence-electron chi connectivity index (χ1n) is 9.22. The van der Waals surface area contributed by atoms with E-state index in [1.807, 2.05) is 0 Å². The quantitative estimate of drug-likeness (QED) is 0.455. The van der Waals surface area contributed by atoms with Crippen LogP contribution in [0.4, 0.5) is 18.9 Å². The van der Waals surface area contributed by atoms with Gasteiger partial charge in [-0.15, -0.1) is 0 Å². The number of anilines is 1. The van der Waals surface area contributed by atoms with Gasteiger partial charge in [0.15, 0.2) is 0 Å². The molecule has 1 aromatic heterocycles. The van der Waals surface area contributed by atoms with Crippen molar-refractivity contribution in [2.75, 3.05) is 11.3 Å². The average Bonchev–Trinajstić information content (AvgIpc) is 3.24. The largest absolute Gasteiger partial charge is 0.416 e. The van der Waals surface area contributed by atoms with Crippen molar-refractivity contribution < 1.29 is 26.4 Å². The highest BCUT2D eigenvalue weighted by Gasteiger charge is 2.31. The SMILES string of the molecule is O=C(NCCCc1ncc[nH]1)c1ccccc1NS(=O)(=O)c1cccc(C(F)(F)F)c1. The second-order valence-corrected chi connectivity index (χ2v) is 8.25. The van der Waals surface area contributed by atoms with Crippen molar-refractivity contribution >= 4 is 21.6 Å². The van der Waals surface area contributed by atoms with E-state index in [4.69, 9.17) is 0 Å². The van der Waals surface area contributed by atoms with Crippen LogP contribution in [0.2, 0.25) is 0 Å². The first-order valence-corrected chi connectivity index (χ1v) is 10.7. The molecule has 7 nitrogen and oxygen atoms in total. The van der Waals surface area contributed by atoms with Gasteiger partial charge in [0.2, 0.25) is 0 Å². The minimum absolute atomic E-state index is 0.0385. The molecule has 31 heavy (non-hydrogen) atoms. The van der Waals surface area contributed by atoms with Crippen molar-refractivity contribution in [3.8, 4) is 0 Å². The van der Waals surface area contributed by atoms with Crippen LogP contribution in [0.25, 0.3) is 0 Å². The highest BCUT2D eigenvalue weighted by Crippen LogP contribution is 2.31. The topological polar surface area (TPSA) is 104 Å². The molecule has 1 amide bonds. The van der Waals surface area contributed by atoms with Crippen LogP contribution in [0.1, 0.15) is 28.2 Å². The number of nitrogens with zero attached hydrogens (tertiary/aromatic N) is 1. The van der Waals surface area contributed by atoms with Crippen LogP contribution in [-0.4, -0.2) is 30.8 Å². The second-order valence-electron chi connectivity index (χ2n) is 6.57. The second kappa shape index (κ2) is 9.21. The number of hydrogen-bond donors (Lipinski definition) is 3. The molecule has 0 aliphatic rings. The third-order valence-corrected chi connectivity index (χ3v) is 5.68. The molecular formula is C20H19F3N4O3S. The molecule has 3 aromatic rings. The van der Waals surface area contributed by atoms with E-state index in [1.54, 1.807) is 18.5 Å². The number of aryl methyl sites for hydroxylation is 1. The fraction of sp³-hybridized carbons (Fsp3) is 0.200. The fourth-order valence-corrected chi connectivity index (χ4v) is 3.93. The Kier molecular flexibility index (Phi) is 6.64. The third kappa shape index (κ3) is 5.85. The average molecular weight is 452 g/mol. The number of carbonyl (C=O) groups is 1. The van der Waals surface area contributed by atoms with Crippen molar-refractivity contribution in [2.45, 2.75) is 23.9 Å². The maximum absolute atomic E-state index is 12.9. The molecule has 0 unspecified atom stereocenters. The summed E-state index contributed by atoms with van der Waals surface area (Å²) in [5.41, 5.74) is -1.07. The number of hydrogen-bond acceptors (Lipinski definition) is 4. The van der Waals surface area contributed by atoms with Crippen molar-refractivity contribution in [3.63, 3.8) is 0 Å². The van der Waals surface area contributed by atoms with Crippen LogP contribution in [0.5, 0.6) is 0 Å². The lowest BCUT2D eigenvalue weighted by Crippen LogP contribution is -2.26. The molecule has 0 radical (unpaired) electrons. The van der Waals surface area contributed by atoms with Crippen molar-refractivity contribution in [1.82, 2.24) is 15.3 Å². The van der Waals surface area contributed by atoms with E-state index in [0.29, 0.717) is 25.5 Å². The standard InChI is InChI=1S/C20H19F3N4O3S/c21-20(22,23)14-5-3-6-15(13-14)31(29,30)27-17-8-2-1-7-16(17)19(28)26-10-4-9-18-24-11-12-25-18/h1-3,5-8,11-13,27H,4,9-10H2,(H,24,25)(H,26,28). The van der Waals surface area contributed by atoms with Gasteiger partial charge in [0.25, 0.3) is 15.9 Å². The van der Waals surface area contributed by atoms with E-state index in [9.17, 15) is 26.4 Å². The molecule has 0 spiro atoms. The van der Waals surface area contributed by atoms with Gasteiger partial charge >= 0.3 is 6.18 Å². The summed E-state index contributed by atoms with van der Waals surface area (Å²) >= 11 is 0. The zero-order valence-corrected chi connectivity index (χ0v) is 16.9. The van der Waals surface area contributed by atoms with Gasteiger partial charge in [-0.3, -0.25) is 9.52 Å². The number of nitrogens with one attached hydrogen (secondary N) is 3. The van der Waals surface area contributed by atoms with Gasteiger partial charge in [0, 0.05) is 25.4 Å². The zero-order chi connectivity index (χ0) is 22.5. The molecule has 3 rings (SSSR count). The van der Waals surface area contributed by atoms with Gasteiger partial charge in [-0.1, -0.05) is 18.2 Å². The number of sulfonamides is 1. The lowest BCUT2D eigenvalue weighted by molar-refractivity contribution is -0.137. The molecule has 0 aliphatic heterocycles. The summed E-state index contributed by atoms with van der Waals surface area (Å²) in [7, 11) is -4.35. The number of rotatable bonds is 8. The summed E-state index contributed by atoms with van der Waals surface area (Å²) in [6.07, 6.45) is -0.130. The number of aromatic amines is 1. The van der Waals surface area contributed by atoms with E-state index >= 15 is 0 Å². The number of carbonyl (C=O) groups excluding carboxylic acids is 1. The summed E-state index contributed by atoms with van der Waals surface area (Å²) in [4.78, 5) is 19.0. The molecule has 0 saturated carbocycles. The Labute approximate surface area is 176 Å². The zero-order valence-electron chi connectivity index (χ0n) is 16.1. The maximum atomic E-state index is 12.9. The molecule has 0 atom stereocenters. The number of H-pyrrole nitrogens is 1. The molecule has 2 aromatic carbocycles. The molecule has 0 saturated heterocycles. The lowest BCUT2D eigenvalue weighted by Gasteiger charge is -2.14. The minimum Gasteiger partial charge on any atom is -0.352 e. The lowest BCUT2D eigenvalue weighted by atomic mass is 10.1. The number of imidazole rings is 1. The predicted octanol–water partition coefficient (Wildman–Crippen LogP) is 3.59.